The van der Waals surface area contributed by atoms with Crippen LogP contribution in [0.25, 0.3) is 5.57 Å². The van der Waals surface area contributed by atoms with Gasteiger partial charge < -0.3 is 4.90 Å². The molecule has 3 nitrogen and oxygen atoms in total. The fraction of sp³-hybridized carbons (Fsp3) is 0.0588. The predicted molar refractivity (Wildman–Crippen MR) is 85.8 cm³/mol. The van der Waals surface area contributed by atoms with Crippen molar-refractivity contribution < 1.29 is 9.59 Å². The van der Waals surface area contributed by atoms with Gasteiger partial charge in [-0.25, -0.2) is 0 Å². The van der Waals surface area contributed by atoms with Gasteiger partial charge in [-0.2, -0.15) is 0 Å². The van der Waals surface area contributed by atoms with Gasteiger partial charge in [-0.1, -0.05) is 52.3 Å². The van der Waals surface area contributed by atoms with E-state index in [1.54, 1.807) is 4.90 Å². The number of benzene rings is 2. The van der Waals surface area contributed by atoms with Crippen molar-refractivity contribution in [3.05, 3.63) is 70.2 Å². The maximum atomic E-state index is 12.6. The Balaban J connectivity index is 2.06. The van der Waals surface area contributed by atoms with Crippen LogP contribution in [-0.4, -0.2) is 12.2 Å². The number of rotatable bonds is 3. The van der Waals surface area contributed by atoms with Crippen LogP contribution in [0.5, 0.6) is 0 Å². The van der Waals surface area contributed by atoms with Crippen molar-refractivity contribution >= 4 is 39.4 Å². The van der Waals surface area contributed by atoms with Crippen molar-refractivity contribution in [3.8, 4) is 0 Å². The van der Waals surface area contributed by atoms with Crippen LogP contribution in [0.15, 0.2) is 59.1 Å². The second-order valence-electron chi connectivity index (χ2n) is 4.75. The van der Waals surface area contributed by atoms with Gasteiger partial charge in [0.2, 0.25) is 0 Å². The minimum Gasteiger partial charge on any atom is -0.303 e. The molecule has 2 aromatic rings. The molecule has 0 aliphatic carbocycles. The molecule has 2 aromatic carbocycles. The van der Waals surface area contributed by atoms with Crippen LogP contribution in [0, 0.1) is 0 Å². The van der Waals surface area contributed by atoms with E-state index < -0.39 is 0 Å². The molecule has 0 saturated carbocycles. The molecule has 21 heavy (non-hydrogen) atoms. The third-order valence-electron chi connectivity index (χ3n) is 3.43. The molecule has 1 aliphatic rings. The monoisotopic (exact) mass is 341 g/mol. The summed E-state index contributed by atoms with van der Waals surface area (Å²) in [5, 5.41) is 0. The Morgan fingerprint density at radius 1 is 1.10 bits per heavy atom. The smallest absolute Gasteiger partial charge is 0.259 e. The zero-order valence-corrected chi connectivity index (χ0v) is 12.7. The summed E-state index contributed by atoms with van der Waals surface area (Å²) in [5.41, 5.74) is 3.12. The van der Waals surface area contributed by atoms with Gasteiger partial charge >= 0.3 is 0 Å². The van der Waals surface area contributed by atoms with Gasteiger partial charge in [0.05, 0.1) is 17.8 Å². The molecule has 1 heterocycles. The van der Waals surface area contributed by atoms with Crippen LogP contribution in [0.1, 0.15) is 11.1 Å². The number of hydrogen-bond donors (Lipinski definition) is 0. The molecule has 0 N–H and O–H groups in total. The fourth-order valence-corrected chi connectivity index (χ4v) is 2.83. The van der Waals surface area contributed by atoms with Crippen molar-refractivity contribution in [1.82, 2.24) is 0 Å². The summed E-state index contributed by atoms with van der Waals surface area (Å²) >= 11 is 3.43. The molecule has 0 fully saturated rings. The molecule has 0 saturated heterocycles. The number of carbonyl (C=O) groups is 2. The van der Waals surface area contributed by atoms with E-state index in [4.69, 9.17) is 0 Å². The van der Waals surface area contributed by atoms with Crippen LogP contribution in [0.3, 0.4) is 0 Å². The average Bonchev–Trinajstić information content (AvgIpc) is 2.74. The molecule has 4 heteroatoms. The summed E-state index contributed by atoms with van der Waals surface area (Å²) in [6.45, 7) is 0.485. The summed E-state index contributed by atoms with van der Waals surface area (Å²) in [7, 11) is 0. The lowest BCUT2D eigenvalue weighted by atomic mass is 10.1. The lowest BCUT2D eigenvalue weighted by Gasteiger charge is -2.17. The van der Waals surface area contributed by atoms with Gasteiger partial charge in [-0.05, 0) is 23.8 Å². The quantitative estimate of drug-likeness (QED) is 0.632. The van der Waals surface area contributed by atoms with E-state index >= 15 is 0 Å². The number of nitrogens with zero attached hydrogens (tertiary/aromatic N) is 1. The SMILES string of the molecule is O=C/C=C1/C(=O)N(Cc2ccccc2)c2cc(Br)ccc21. The number of carbonyl (C=O) groups excluding carboxylic acids is 2. The molecule has 0 aromatic heterocycles. The number of hydrogen-bond acceptors (Lipinski definition) is 2. The van der Waals surface area contributed by atoms with Gasteiger partial charge in [-0.15, -0.1) is 0 Å². The highest BCUT2D eigenvalue weighted by Gasteiger charge is 2.32. The summed E-state index contributed by atoms with van der Waals surface area (Å²) < 4.78 is 0.902. The van der Waals surface area contributed by atoms with Crippen molar-refractivity contribution in [2.45, 2.75) is 6.54 Å². The fourth-order valence-electron chi connectivity index (χ4n) is 2.48. The van der Waals surface area contributed by atoms with Crippen molar-refractivity contribution in [1.29, 1.82) is 0 Å². The Morgan fingerprint density at radius 3 is 2.57 bits per heavy atom. The molecule has 1 amide bonds. The van der Waals surface area contributed by atoms with E-state index in [0.717, 1.165) is 21.3 Å². The van der Waals surface area contributed by atoms with E-state index in [9.17, 15) is 9.59 Å². The maximum absolute atomic E-state index is 12.6. The Hall–Kier alpha value is -2.20. The van der Waals surface area contributed by atoms with Gasteiger partial charge in [0.15, 0.2) is 0 Å². The summed E-state index contributed by atoms with van der Waals surface area (Å²) in [6, 6.07) is 15.4. The zero-order chi connectivity index (χ0) is 14.8. The molecule has 3 rings (SSSR count). The largest absolute Gasteiger partial charge is 0.303 e. The first-order valence-electron chi connectivity index (χ1n) is 6.52. The molecule has 0 spiro atoms. The number of aldehydes is 1. The highest BCUT2D eigenvalue weighted by molar-refractivity contribution is 9.10. The van der Waals surface area contributed by atoms with Crippen LogP contribution in [0.2, 0.25) is 0 Å². The van der Waals surface area contributed by atoms with Crippen molar-refractivity contribution in [3.63, 3.8) is 0 Å². The molecule has 0 atom stereocenters. The first kappa shape index (κ1) is 13.8. The Bertz CT molecular complexity index is 738. The minimum atomic E-state index is -0.140. The van der Waals surface area contributed by atoms with Crippen molar-refractivity contribution in [2.24, 2.45) is 0 Å². The molecule has 104 valence electrons. The third-order valence-corrected chi connectivity index (χ3v) is 3.93. The Morgan fingerprint density at radius 2 is 1.86 bits per heavy atom. The molecular formula is C17H12BrNO2. The zero-order valence-electron chi connectivity index (χ0n) is 11.1. The van der Waals surface area contributed by atoms with Gasteiger partial charge in [-0.3, -0.25) is 9.59 Å². The van der Waals surface area contributed by atoms with E-state index in [-0.39, 0.29) is 5.91 Å². The second kappa shape index (κ2) is 5.66. The topological polar surface area (TPSA) is 37.4 Å². The van der Waals surface area contributed by atoms with Gasteiger partial charge in [0, 0.05) is 10.0 Å². The highest BCUT2D eigenvalue weighted by Crippen LogP contribution is 2.39. The van der Waals surface area contributed by atoms with Crippen molar-refractivity contribution in [2.75, 3.05) is 4.90 Å². The molecular weight excluding hydrogens is 330 g/mol. The number of allylic oxidation sites excluding steroid dienone is 1. The molecule has 0 radical (unpaired) electrons. The number of fused-ring (bicyclic) bond motifs is 1. The van der Waals surface area contributed by atoms with Crippen LogP contribution in [0.4, 0.5) is 5.69 Å². The maximum Gasteiger partial charge on any atom is 0.259 e. The Labute approximate surface area is 131 Å². The van der Waals surface area contributed by atoms with Crippen LogP contribution < -0.4 is 4.90 Å². The Kier molecular flexibility index (Phi) is 3.71. The molecule has 1 aliphatic heterocycles. The summed E-state index contributed by atoms with van der Waals surface area (Å²) in [5.74, 6) is -0.140. The normalized spacial score (nSPS) is 15.4. The number of anilines is 1. The predicted octanol–water partition coefficient (Wildman–Crippen LogP) is 3.58. The standard InChI is InChI=1S/C17H12BrNO2/c18-13-6-7-14-15(8-9-20)17(21)19(16(14)10-13)11-12-4-2-1-3-5-12/h1-10H,11H2/b15-8+. The van der Waals surface area contributed by atoms with E-state index in [1.165, 1.54) is 6.08 Å². The second-order valence-corrected chi connectivity index (χ2v) is 5.67. The summed E-state index contributed by atoms with van der Waals surface area (Å²) in [4.78, 5) is 25.0. The molecule has 0 unspecified atom stereocenters. The first-order chi connectivity index (χ1) is 10.2. The van der Waals surface area contributed by atoms with Gasteiger partial charge in [0.25, 0.3) is 5.91 Å². The third kappa shape index (κ3) is 2.54. The number of halogens is 1. The van der Waals surface area contributed by atoms with Crippen LogP contribution in [-0.2, 0) is 16.1 Å². The summed E-state index contributed by atoms with van der Waals surface area (Å²) in [6.07, 6.45) is 1.99. The highest BCUT2D eigenvalue weighted by atomic mass is 79.9. The minimum absolute atomic E-state index is 0.140. The van der Waals surface area contributed by atoms with Crippen LogP contribution >= 0.6 is 15.9 Å². The lowest BCUT2D eigenvalue weighted by Crippen LogP contribution is -2.25. The number of amides is 1. The lowest BCUT2D eigenvalue weighted by molar-refractivity contribution is -0.113. The van der Waals surface area contributed by atoms with E-state index in [1.807, 2.05) is 48.5 Å². The van der Waals surface area contributed by atoms with E-state index in [0.29, 0.717) is 18.4 Å². The average molecular weight is 342 g/mol. The first-order valence-corrected chi connectivity index (χ1v) is 7.31. The van der Waals surface area contributed by atoms with Gasteiger partial charge in [0.1, 0.15) is 6.29 Å². The van der Waals surface area contributed by atoms with E-state index in [2.05, 4.69) is 15.9 Å². The molecule has 0 bridgehead atoms.